The van der Waals surface area contributed by atoms with E-state index in [0.717, 1.165) is 50.0 Å². The molecule has 148 valence electrons. The number of carbonyl (C=O) groups is 2. The SMILES string of the molecule is CC(=O)NC[C@H]1[C@H]2C[C@H](CN(Cc3ccccc3C#N)C2)[C@@H]2CCCC(=O)N21. The summed E-state index contributed by atoms with van der Waals surface area (Å²) in [4.78, 5) is 28.8. The van der Waals surface area contributed by atoms with Gasteiger partial charge in [-0.25, -0.2) is 0 Å². The Kier molecular flexibility index (Phi) is 5.36. The first-order valence-corrected chi connectivity index (χ1v) is 10.3. The van der Waals surface area contributed by atoms with E-state index >= 15 is 0 Å². The molecule has 0 aromatic heterocycles. The molecule has 28 heavy (non-hydrogen) atoms. The van der Waals surface area contributed by atoms with Gasteiger partial charge in [-0.15, -0.1) is 0 Å². The van der Waals surface area contributed by atoms with E-state index in [0.29, 0.717) is 24.8 Å². The van der Waals surface area contributed by atoms with Crippen LogP contribution >= 0.6 is 0 Å². The van der Waals surface area contributed by atoms with Crippen molar-refractivity contribution in [2.45, 2.75) is 51.2 Å². The monoisotopic (exact) mass is 380 g/mol. The third-order valence-corrected chi connectivity index (χ3v) is 6.66. The Morgan fingerprint density at radius 1 is 1.29 bits per heavy atom. The molecule has 3 aliphatic heterocycles. The summed E-state index contributed by atoms with van der Waals surface area (Å²) in [6, 6.07) is 10.5. The molecule has 1 aromatic rings. The highest BCUT2D eigenvalue weighted by molar-refractivity contribution is 5.78. The number of amides is 2. The van der Waals surface area contributed by atoms with E-state index in [1.807, 2.05) is 24.3 Å². The zero-order valence-corrected chi connectivity index (χ0v) is 16.4. The van der Waals surface area contributed by atoms with E-state index in [9.17, 15) is 14.9 Å². The van der Waals surface area contributed by atoms with Gasteiger partial charge in [0.25, 0.3) is 0 Å². The van der Waals surface area contributed by atoms with Crippen LogP contribution < -0.4 is 5.32 Å². The van der Waals surface area contributed by atoms with Gasteiger partial charge in [-0.3, -0.25) is 14.5 Å². The van der Waals surface area contributed by atoms with Crippen LogP contribution in [0.1, 0.15) is 43.7 Å². The lowest BCUT2D eigenvalue weighted by molar-refractivity contribution is -0.153. The van der Waals surface area contributed by atoms with E-state index in [2.05, 4.69) is 21.2 Å². The van der Waals surface area contributed by atoms with E-state index < -0.39 is 0 Å². The van der Waals surface area contributed by atoms with Crippen LogP contribution in [-0.2, 0) is 16.1 Å². The Labute approximate surface area is 166 Å². The molecular formula is C22H28N4O2. The molecule has 6 nitrogen and oxygen atoms in total. The zero-order chi connectivity index (χ0) is 19.7. The first-order chi connectivity index (χ1) is 13.6. The maximum atomic E-state index is 12.7. The summed E-state index contributed by atoms with van der Waals surface area (Å²) < 4.78 is 0. The van der Waals surface area contributed by atoms with Crippen molar-refractivity contribution in [1.82, 2.24) is 15.1 Å². The van der Waals surface area contributed by atoms with Crippen LogP contribution in [0, 0.1) is 23.2 Å². The number of nitrogens with one attached hydrogen (secondary N) is 1. The summed E-state index contributed by atoms with van der Waals surface area (Å²) >= 11 is 0. The van der Waals surface area contributed by atoms with Gasteiger partial charge in [0.1, 0.15) is 0 Å². The van der Waals surface area contributed by atoms with Gasteiger partial charge in [0, 0.05) is 45.6 Å². The third kappa shape index (κ3) is 3.64. The summed E-state index contributed by atoms with van der Waals surface area (Å²) in [6.07, 6.45) is 3.77. The fourth-order valence-electron chi connectivity index (χ4n) is 5.52. The lowest BCUT2D eigenvalue weighted by Crippen LogP contribution is -2.66. The first kappa shape index (κ1) is 18.9. The predicted octanol–water partition coefficient (Wildman–Crippen LogP) is 1.90. The van der Waals surface area contributed by atoms with Gasteiger partial charge in [0.05, 0.1) is 17.7 Å². The molecule has 0 aliphatic carbocycles. The Bertz CT molecular complexity index is 802. The molecule has 3 heterocycles. The summed E-state index contributed by atoms with van der Waals surface area (Å²) in [6.45, 7) is 4.71. The molecule has 0 spiro atoms. The molecule has 0 radical (unpaired) electrons. The van der Waals surface area contributed by atoms with Crippen LogP contribution in [0.25, 0.3) is 0 Å². The molecule has 3 saturated heterocycles. The third-order valence-electron chi connectivity index (χ3n) is 6.66. The molecule has 6 heteroatoms. The van der Waals surface area contributed by atoms with Crippen LogP contribution in [-0.4, -0.2) is 53.3 Å². The van der Waals surface area contributed by atoms with Crippen LogP contribution in [0.5, 0.6) is 0 Å². The average Bonchev–Trinajstić information content (AvgIpc) is 2.68. The van der Waals surface area contributed by atoms with E-state index in [1.165, 1.54) is 6.92 Å². The van der Waals surface area contributed by atoms with Gasteiger partial charge in [-0.2, -0.15) is 5.26 Å². The average molecular weight is 380 g/mol. The van der Waals surface area contributed by atoms with Crippen LogP contribution in [0.15, 0.2) is 24.3 Å². The van der Waals surface area contributed by atoms with Crippen molar-refractivity contribution < 1.29 is 9.59 Å². The zero-order valence-electron chi connectivity index (χ0n) is 16.4. The molecule has 3 aliphatic rings. The molecule has 4 rings (SSSR count). The lowest BCUT2D eigenvalue weighted by Gasteiger charge is -2.56. The second-order valence-corrected chi connectivity index (χ2v) is 8.48. The Morgan fingerprint density at radius 3 is 2.86 bits per heavy atom. The highest BCUT2D eigenvalue weighted by Gasteiger charge is 2.49. The molecule has 1 N–H and O–H groups in total. The molecule has 2 bridgehead atoms. The smallest absolute Gasteiger partial charge is 0.223 e. The minimum Gasteiger partial charge on any atom is -0.354 e. The maximum Gasteiger partial charge on any atom is 0.223 e. The van der Waals surface area contributed by atoms with Gasteiger partial charge >= 0.3 is 0 Å². The Balaban J connectivity index is 1.56. The summed E-state index contributed by atoms with van der Waals surface area (Å²) in [5.41, 5.74) is 1.81. The summed E-state index contributed by atoms with van der Waals surface area (Å²) in [5.74, 6) is 1.05. The molecule has 0 saturated carbocycles. The molecule has 4 atom stereocenters. The first-order valence-electron chi connectivity index (χ1n) is 10.3. The minimum atomic E-state index is -0.0428. The van der Waals surface area contributed by atoms with Crippen molar-refractivity contribution in [1.29, 1.82) is 5.26 Å². The van der Waals surface area contributed by atoms with Gasteiger partial charge in [-0.1, -0.05) is 18.2 Å². The normalized spacial score (nSPS) is 29.7. The second kappa shape index (κ2) is 7.92. The number of hydrogen-bond acceptors (Lipinski definition) is 4. The topological polar surface area (TPSA) is 76.4 Å². The number of nitriles is 1. The molecular weight excluding hydrogens is 352 g/mol. The van der Waals surface area contributed by atoms with Crippen LogP contribution in [0.2, 0.25) is 0 Å². The van der Waals surface area contributed by atoms with E-state index in [4.69, 9.17) is 0 Å². The minimum absolute atomic E-state index is 0.0428. The summed E-state index contributed by atoms with van der Waals surface area (Å²) in [7, 11) is 0. The standard InChI is InChI=1S/C22H28N4O2/c1-15(27)24-11-21-19-9-18(20-7-4-8-22(28)26(20)21)13-25(14-19)12-17-6-3-2-5-16(17)10-23/h2-3,5-6,18-21H,4,7-9,11-14H2,1H3,(H,24,27)/t18-,19+,20+,21+/m1/s1. The van der Waals surface area contributed by atoms with Gasteiger partial charge in [-0.05, 0) is 42.7 Å². The fraction of sp³-hybridized carbons (Fsp3) is 0.591. The molecule has 0 unspecified atom stereocenters. The van der Waals surface area contributed by atoms with Gasteiger partial charge in [0.15, 0.2) is 0 Å². The van der Waals surface area contributed by atoms with Crippen molar-refractivity contribution in [3.05, 3.63) is 35.4 Å². The highest BCUT2D eigenvalue weighted by atomic mass is 16.2. The van der Waals surface area contributed by atoms with Gasteiger partial charge < -0.3 is 10.2 Å². The largest absolute Gasteiger partial charge is 0.354 e. The fourth-order valence-corrected chi connectivity index (χ4v) is 5.52. The number of likely N-dealkylation sites (tertiary alicyclic amines) is 1. The number of benzene rings is 1. The number of rotatable bonds is 4. The lowest BCUT2D eigenvalue weighted by atomic mass is 9.72. The molecule has 3 fully saturated rings. The van der Waals surface area contributed by atoms with Crippen molar-refractivity contribution in [2.75, 3.05) is 19.6 Å². The van der Waals surface area contributed by atoms with Crippen molar-refractivity contribution in [2.24, 2.45) is 11.8 Å². The van der Waals surface area contributed by atoms with Crippen molar-refractivity contribution in [3.63, 3.8) is 0 Å². The Hall–Kier alpha value is -2.39. The second-order valence-electron chi connectivity index (χ2n) is 8.48. The predicted molar refractivity (Wildman–Crippen MR) is 105 cm³/mol. The summed E-state index contributed by atoms with van der Waals surface area (Å²) in [5, 5.41) is 12.4. The maximum absolute atomic E-state index is 12.7. The number of carbonyl (C=O) groups excluding carboxylic acids is 2. The van der Waals surface area contributed by atoms with E-state index in [-0.39, 0.29) is 23.9 Å². The number of fused-ring (bicyclic) bond motifs is 4. The molecule has 1 aromatic carbocycles. The van der Waals surface area contributed by atoms with Crippen molar-refractivity contribution in [3.8, 4) is 6.07 Å². The van der Waals surface area contributed by atoms with Crippen molar-refractivity contribution >= 4 is 11.8 Å². The quantitative estimate of drug-likeness (QED) is 0.866. The van der Waals surface area contributed by atoms with Crippen LogP contribution in [0.3, 0.4) is 0 Å². The highest BCUT2D eigenvalue weighted by Crippen LogP contribution is 2.41. The van der Waals surface area contributed by atoms with E-state index in [1.54, 1.807) is 0 Å². The van der Waals surface area contributed by atoms with Crippen LogP contribution in [0.4, 0.5) is 0 Å². The number of nitrogens with zero attached hydrogens (tertiary/aromatic N) is 3. The van der Waals surface area contributed by atoms with Gasteiger partial charge in [0.2, 0.25) is 11.8 Å². The Morgan fingerprint density at radius 2 is 2.07 bits per heavy atom. The number of piperidine rings is 3. The molecule has 2 amide bonds. The number of hydrogen-bond donors (Lipinski definition) is 1.